The minimum atomic E-state index is -3.26. The Labute approximate surface area is 112 Å². The van der Waals surface area contributed by atoms with Gasteiger partial charge >= 0.3 is 0 Å². The van der Waals surface area contributed by atoms with Gasteiger partial charge in [0.1, 0.15) is 4.90 Å². The van der Waals surface area contributed by atoms with Crippen molar-refractivity contribution >= 4 is 9.84 Å². The van der Waals surface area contributed by atoms with Gasteiger partial charge in [-0.2, -0.15) is 5.10 Å². The van der Waals surface area contributed by atoms with Gasteiger partial charge in [-0.25, -0.2) is 18.1 Å². The second-order valence-corrected chi connectivity index (χ2v) is 6.34. The SMILES string of the molecule is CNC(C)c1cccnc1-n1cc(S(C)(=O)=O)cn1. The van der Waals surface area contributed by atoms with E-state index >= 15 is 0 Å². The highest BCUT2D eigenvalue weighted by Gasteiger charge is 2.15. The molecule has 0 amide bonds. The molecule has 0 spiro atoms. The Morgan fingerprint density at radius 1 is 1.42 bits per heavy atom. The van der Waals surface area contributed by atoms with Crippen LogP contribution in [0, 0.1) is 0 Å². The Bertz CT molecular complexity index is 679. The number of pyridine rings is 1. The lowest BCUT2D eigenvalue weighted by atomic mass is 10.1. The smallest absolute Gasteiger partial charge is 0.178 e. The van der Waals surface area contributed by atoms with E-state index in [-0.39, 0.29) is 10.9 Å². The lowest BCUT2D eigenvalue weighted by Gasteiger charge is -2.14. The van der Waals surface area contributed by atoms with Crippen molar-refractivity contribution in [1.29, 1.82) is 0 Å². The molecule has 2 aromatic heterocycles. The van der Waals surface area contributed by atoms with Gasteiger partial charge < -0.3 is 5.32 Å². The van der Waals surface area contributed by atoms with E-state index in [1.54, 1.807) is 6.20 Å². The van der Waals surface area contributed by atoms with Gasteiger partial charge in [-0.05, 0) is 20.0 Å². The minimum Gasteiger partial charge on any atom is -0.313 e. The van der Waals surface area contributed by atoms with Crippen molar-refractivity contribution in [2.75, 3.05) is 13.3 Å². The lowest BCUT2D eigenvalue weighted by molar-refractivity contribution is 0.602. The number of hydrogen-bond donors (Lipinski definition) is 1. The van der Waals surface area contributed by atoms with E-state index in [1.165, 1.54) is 17.1 Å². The molecule has 1 atom stereocenters. The number of rotatable bonds is 4. The molecule has 1 N–H and O–H groups in total. The third kappa shape index (κ3) is 2.82. The summed E-state index contributed by atoms with van der Waals surface area (Å²) < 4.78 is 24.4. The Morgan fingerprint density at radius 3 is 2.74 bits per heavy atom. The predicted octanol–water partition coefficient (Wildman–Crippen LogP) is 0.951. The third-order valence-electron chi connectivity index (χ3n) is 2.92. The average Bonchev–Trinajstić information content (AvgIpc) is 2.87. The summed E-state index contributed by atoms with van der Waals surface area (Å²) in [5.41, 5.74) is 0.952. The number of nitrogens with zero attached hydrogens (tertiary/aromatic N) is 3. The Balaban J connectivity index is 2.51. The molecule has 0 aromatic carbocycles. The molecule has 7 heteroatoms. The molecule has 19 heavy (non-hydrogen) atoms. The maximum Gasteiger partial charge on any atom is 0.178 e. The maximum absolute atomic E-state index is 11.5. The number of sulfone groups is 1. The number of hydrogen-bond acceptors (Lipinski definition) is 5. The van der Waals surface area contributed by atoms with Gasteiger partial charge in [0.25, 0.3) is 0 Å². The fraction of sp³-hybridized carbons (Fsp3) is 0.333. The fourth-order valence-electron chi connectivity index (χ4n) is 1.71. The van der Waals surface area contributed by atoms with Gasteiger partial charge in [-0.1, -0.05) is 6.07 Å². The summed E-state index contributed by atoms with van der Waals surface area (Å²) in [5, 5.41) is 7.21. The van der Waals surface area contributed by atoms with Crippen molar-refractivity contribution in [2.45, 2.75) is 17.9 Å². The van der Waals surface area contributed by atoms with E-state index in [9.17, 15) is 8.42 Å². The largest absolute Gasteiger partial charge is 0.313 e. The van der Waals surface area contributed by atoms with Crippen molar-refractivity contribution in [1.82, 2.24) is 20.1 Å². The first-order valence-electron chi connectivity index (χ1n) is 5.80. The van der Waals surface area contributed by atoms with Gasteiger partial charge in [0, 0.05) is 24.1 Å². The summed E-state index contributed by atoms with van der Waals surface area (Å²) in [6.45, 7) is 2.00. The molecule has 6 nitrogen and oxygen atoms in total. The van der Waals surface area contributed by atoms with Crippen LogP contribution in [0.5, 0.6) is 0 Å². The van der Waals surface area contributed by atoms with Gasteiger partial charge in [0.15, 0.2) is 15.7 Å². The molecule has 2 heterocycles. The average molecular weight is 280 g/mol. The third-order valence-corrected chi connectivity index (χ3v) is 3.99. The Kier molecular flexibility index (Phi) is 3.68. The number of nitrogens with one attached hydrogen (secondary N) is 1. The van der Waals surface area contributed by atoms with Gasteiger partial charge in [0.2, 0.25) is 0 Å². The molecular formula is C12H16N4O2S. The first kappa shape index (κ1) is 13.7. The van der Waals surface area contributed by atoms with Crippen molar-refractivity contribution in [2.24, 2.45) is 0 Å². The highest BCUT2D eigenvalue weighted by atomic mass is 32.2. The normalized spacial score (nSPS) is 13.4. The van der Waals surface area contributed by atoms with Gasteiger partial charge in [0.05, 0.1) is 12.4 Å². The fourth-order valence-corrected chi connectivity index (χ4v) is 2.24. The molecule has 0 aliphatic rings. The van der Waals surface area contributed by atoms with Crippen LogP contribution in [0.3, 0.4) is 0 Å². The zero-order chi connectivity index (χ0) is 14.0. The summed E-state index contributed by atoms with van der Waals surface area (Å²) >= 11 is 0. The van der Waals surface area contributed by atoms with Crippen LogP contribution in [0.2, 0.25) is 0 Å². The van der Waals surface area contributed by atoms with Crippen LogP contribution in [0.1, 0.15) is 18.5 Å². The summed E-state index contributed by atoms with van der Waals surface area (Å²) in [4.78, 5) is 4.46. The predicted molar refractivity (Wildman–Crippen MR) is 71.9 cm³/mol. The van der Waals surface area contributed by atoms with Crippen LogP contribution < -0.4 is 5.32 Å². The highest BCUT2D eigenvalue weighted by molar-refractivity contribution is 7.90. The van der Waals surface area contributed by atoms with E-state index < -0.39 is 9.84 Å². The zero-order valence-electron chi connectivity index (χ0n) is 11.0. The van der Waals surface area contributed by atoms with Crippen molar-refractivity contribution in [3.8, 4) is 5.82 Å². The minimum absolute atomic E-state index is 0.0922. The summed E-state index contributed by atoms with van der Waals surface area (Å²) in [6.07, 6.45) is 5.62. The number of aromatic nitrogens is 3. The lowest BCUT2D eigenvalue weighted by Crippen LogP contribution is -2.16. The molecule has 0 aliphatic heterocycles. The molecule has 102 valence electrons. The Hall–Kier alpha value is -1.73. The highest BCUT2D eigenvalue weighted by Crippen LogP contribution is 2.19. The molecule has 0 radical (unpaired) electrons. The molecule has 0 fully saturated rings. The van der Waals surface area contributed by atoms with Crippen molar-refractivity contribution in [3.05, 3.63) is 36.3 Å². The van der Waals surface area contributed by atoms with Gasteiger partial charge in [-0.15, -0.1) is 0 Å². The van der Waals surface area contributed by atoms with Crippen LogP contribution in [-0.2, 0) is 9.84 Å². The molecule has 0 saturated carbocycles. The summed E-state index contributed by atoms with van der Waals surface area (Å²) in [7, 11) is -1.40. The molecule has 0 aliphatic carbocycles. The van der Waals surface area contributed by atoms with Crippen LogP contribution in [0.4, 0.5) is 0 Å². The van der Waals surface area contributed by atoms with Crippen molar-refractivity contribution < 1.29 is 8.42 Å². The molecule has 0 saturated heterocycles. The first-order chi connectivity index (χ1) is 8.93. The van der Waals surface area contributed by atoms with E-state index in [0.29, 0.717) is 5.82 Å². The zero-order valence-corrected chi connectivity index (χ0v) is 11.8. The molecule has 2 rings (SSSR count). The standard InChI is InChI=1S/C12H16N4O2S/c1-9(13-2)11-5-4-6-14-12(11)16-8-10(7-15-16)19(3,17)18/h4-9,13H,1-3H3. The van der Waals surface area contributed by atoms with E-state index in [2.05, 4.69) is 15.4 Å². The summed E-state index contributed by atoms with van der Waals surface area (Å²) in [5.74, 6) is 0.624. The van der Waals surface area contributed by atoms with E-state index in [1.807, 2.05) is 26.1 Å². The van der Waals surface area contributed by atoms with Gasteiger partial charge in [-0.3, -0.25) is 0 Å². The quantitative estimate of drug-likeness (QED) is 0.902. The molecule has 0 bridgehead atoms. The van der Waals surface area contributed by atoms with Crippen LogP contribution in [0.25, 0.3) is 5.82 Å². The monoisotopic (exact) mass is 280 g/mol. The van der Waals surface area contributed by atoms with Crippen LogP contribution in [0.15, 0.2) is 35.6 Å². The molecule has 1 unspecified atom stereocenters. The molecule has 2 aromatic rings. The van der Waals surface area contributed by atoms with Crippen molar-refractivity contribution in [3.63, 3.8) is 0 Å². The second-order valence-electron chi connectivity index (χ2n) is 4.32. The second kappa shape index (κ2) is 5.10. The Morgan fingerprint density at radius 2 is 2.16 bits per heavy atom. The molecular weight excluding hydrogens is 264 g/mol. The van der Waals surface area contributed by atoms with Crippen LogP contribution in [-0.4, -0.2) is 36.5 Å². The summed E-state index contributed by atoms with van der Waals surface area (Å²) in [6, 6.07) is 3.87. The maximum atomic E-state index is 11.5. The van der Waals surface area contributed by atoms with Crippen LogP contribution >= 0.6 is 0 Å². The first-order valence-corrected chi connectivity index (χ1v) is 7.70. The van der Waals surface area contributed by atoms with E-state index in [0.717, 1.165) is 11.8 Å². The van der Waals surface area contributed by atoms with E-state index in [4.69, 9.17) is 0 Å². The topological polar surface area (TPSA) is 76.9 Å².